The number of hydrogen-bond acceptors (Lipinski definition) is 5. The van der Waals surface area contributed by atoms with Crippen LogP contribution in [0.3, 0.4) is 0 Å². The van der Waals surface area contributed by atoms with Crippen LogP contribution in [0, 0.1) is 11.8 Å². The average Bonchev–Trinajstić information content (AvgIpc) is 3.29. The van der Waals surface area contributed by atoms with Gasteiger partial charge in [0.25, 0.3) is 0 Å². The molecule has 8 nitrogen and oxygen atoms in total. The maximum atomic E-state index is 13.7. The lowest BCUT2D eigenvalue weighted by atomic mass is 9.70. The van der Waals surface area contributed by atoms with E-state index in [1.54, 1.807) is 11.0 Å². The van der Waals surface area contributed by atoms with Crippen LogP contribution < -0.4 is 0 Å². The first-order valence-electron chi connectivity index (χ1n) is 10.7. The molecule has 3 saturated heterocycles. The second-order valence-corrected chi connectivity index (χ2v) is 9.57. The van der Waals surface area contributed by atoms with E-state index in [1.165, 1.54) is 4.90 Å². The Labute approximate surface area is 185 Å². The maximum absolute atomic E-state index is 13.7. The van der Waals surface area contributed by atoms with Gasteiger partial charge in [-0.3, -0.25) is 14.4 Å². The van der Waals surface area contributed by atoms with Crippen molar-refractivity contribution in [3.8, 4) is 0 Å². The zero-order valence-electron chi connectivity index (χ0n) is 17.3. The highest BCUT2D eigenvalue weighted by Gasteiger charge is 2.76. The number of carbonyl (C=O) groups excluding carboxylic acids is 2. The third kappa shape index (κ3) is 3.69. The van der Waals surface area contributed by atoms with Crippen LogP contribution in [0.15, 0.2) is 12.7 Å². The molecule has 0 aromatic heterocycles. The molecule has 2 amide bonds. The number of rotatable bonds is 11. The molecule has 0 aromatic rings. The highest BCUT2D eigenvalue weighted by molar-refractivity contribution is 9.09. The van der Waals surface area contributed by atoms with E-state index in [1.807, 2.05) is 6.92 Å². The zero-order chi connectivity index (χ0) is 22.1. The van der Waals surface area contributed by atoms with E-state index in [0.717, 1.165) is 12.8 Å². The number of ether oxygens (including phenoxy) is 1. The minimum atomic E-state index is -1.14. The Hall–Kier alpha value is -1.45. The lowest BCUT2D eigenvalue weighted by molar-refractivity contribution is -0.150. The Morgan fingerprint density at radius 3 is 2.73 bits per heavy atom. The van der Waals surface area contributed by atoms with E-state index in [4.69, 9.17) is 9.84 Å². The summed E-state index contributed by atoms with van der Waals surface area (Å²) in [4.78, 5) is 42.2. The minimum Gasteiger partial charge on any atom is -0.481 e. The van der Waals surface area contributed by atoms with Gasteiger partial charge < -0.3 is 24.7 Å². The van der Waals surface area contributed by atoms with Crippen molar-refractivity contribution in [3.63, 3.8) is 0 Å². The normalized spacial score (nSPS) is 34.3. The van der Waals surface area contributed by atoms with E-state index in [0.29, 0.717) is 32.4 Å². The number of halogens is 1. The third-order valence-corrected chi connectivity index (χ3v) is 7.40. The van der Waals surface area contributed by atoms with Crippen molar-refractivity contribution in [1.29, 1.82) is 0 Å². The summed E-state index contributed by atoms with van der Waals surface area (Å²) in [7, 11) is 0. The Balaban J connectivity index is 1.99. The standard InChI is InChI=1S/C21H31BrN2O6/c1-3-5-9-23(8-4-2)19(27)17-21-12-13(22)16(30-21)14(20(28)29)15(21)18(26)24(17)10-6-7-11-25/h4,13-17,25H,2-3,5-12H2,1H3,(H,28,29)/t13?,14-,15-,16-,17?,21?/m0/s1. The minimum absolute atomic E-state index is 0.00585. The molecule has 168 valence electrons. The van der Waals surface area contributed by atoms with Crippen molar-refractivity contribution < 1.29 is 29.3 Å². The van der Waals surface area contributed by atoms with E-state index in [9.17, 15) is 19.5 Å². The summed E-state index contributed by atoms with van der Waals surface area (Å²) >= 11 is 3.53. The van der Waals surface area contributed by atoms with Crippen LogP contribution in [-0.4, -0.2) is 86.6 Å². The molecule has 9 heteroatoms. The molecular formula is C21H31BrN2O6. The first kappa shape index (κ1) is 23.2. The Bertz CT molecular complexity index is 703. The molecule has 3 aliphatic heterocycles. The molecule has 2 N–H and O–H groups in total. The number of fused-ring (bicyclic) bond motifs is 1. The number of aliphatic carboxylic acids is 1. The van der Waals surface area contributed by atoms with Crippen LogP contribution in [0.2, 0.25) is 0 Å². The first-order chi connectivity index (χ1) is 14.3. The maximum Gasteiger partial charge on any atom is 0.310 e. The Morgan fingerprint density at radius 1 is 1.40 bits per heavy atom. The molecule has 3 aliphatic rings. The molecule has 0 aromatic carbocycles. The highest BCUT2D eigenvalue weighted by Crippen LogP contribution is 2.60. The van der Waals surface area contributed by atoms with Gasteiger partial charge in [0.1, 0.15) is 11.6 Å². The molecule has 0 radical (unpaired) electrons. The zero-order valence-corrected chi connectivity index (χ0v) is 18.9. The van der Waals surface area contributed by atoms with Crippen LogP contribution in [0.25, 0.3) is 0 Å². The van der Waals surface area contributed by atoms with Crippen molar-refractivity contribution in [2.45, 2.75) is 61.6 Å². The van der Waals surface area contributed by atoms with Crippen molar-refractivity contribution in [1.82, 2.24) is 9.80 Å². The number of hydrogen-bond donors (Lipinski definition) is 2. The van der Waals surface area contributed by atoms with Gasteiger partial charge in [0.2, 0.25) is 11.8 Å². The number of carboxylic acid groups (broad SMARTS) is 1. The summed E-state index contributed by atoms with van der Waals surface area (Å²) < 4.78 is 6.23. The monoisotopic (exact) mass is 486 g/mol. The number of carboxylic acids is 1. The molecule has 3 fully saturated rings. The van der Waals surface area contributed by atoms with E-state index in [-0.39, 0.29) is 29.8 Å². The number of amides is 2. The summed E-state index contributed by atoms with van der Waals surface area (Å²) in [5.74, 6) is -3.45. The van der Waals surface area contributed by atoms with Gasteiger partial charge in [-0.25, -0.2) is 0 Å². The number of unbranched alkanes of at least 4 members (excludes halogenated alkanes) is 2. The Morgan fingerprint density at radius 2 is 2.13 bits per heavy atom. The van der Waals surface area contributed by atoms with Crippen molar-refractivity contribution in [2.24, 2.45) is 11.8 Å². The van der Waals surface area contributed by atoms with Gasteiger partial charge in [0.05, 0.1) is 17.9 Å². The van der Waals surface area contributed by atoms with Crippen LogP contribution >= 0.6 is 15.9 Å². The number of aliphatic hydroxyl groups is 1. The summed E-state index contributed by atoms with van der Waals surface area (Å²) in [6.45, 7) is 6.98. The van der Waals surface area contributed by atoms with Crippen LogP contribution in [0.4, 0.5) is 0 Å². The molecule has 6 atom stereocenters. The summed E-state index contributed by atoms with van der Waals surface area (Å²) in [5.41, 5.74) is -1.14. The van der Waals surface area contributed by atoms with Gasteiger partial charge in [-0.05, 0) is 25.7 Å². The second kappa shape index (κ2) is 9.36. The van der Waals surface area contributed by atoms with Gasteiger partial charge in [-0.1, -0.05) is 35.4 Å². The molecule has 0 aliphatic carbocycles. The second-order valence-electron chi connectivity index (χ2n) is 8.39. The molecule has 1 spiro atoms. The number of alkyl halides is 1. The van der Waals surface area contributed by atoms with Gasteiger partial charge in [-0.2, -0.15) is 0 Å². The van der Waals surface area contributed by atoms with Crippen LogP contribution in [0.1, 0.15) is 39.0 Å². The van der Waals surface area contributed by atoms with Gasteiger partial charge in [-0.15, -0.1) is 6.58 Å². The van der Waals surface area contributed by atoms with Crippen molar-refractivity contribution in [2.75, 3.05) is 26.2 Å². The highest BCUT2D eigenvalue weighted by atomic mass is 79.9. The molecule has 3 unspecified atom stereocenters. The average molecular weight is 487 g/mol. The van der Waals surface area contributed by atoms with Gasteiger partial charge in [0, 0.05) is 31.1 Å². The van der Waals surface area contributed by atoms with E-state index in [2.05, 4.69) is 22.5 Å². The van der Waals surface area contributed by atoms with Crippen molar-refractivity contribution >= 4 is 33.7 Å². The number of carbonyl (C=O) groups is 3. The lowest BCUT2D eigenvalue weighted by Gasteiger charge is -2.37. The van der Waals surface area contributed by atoms with E-state index >= 15 is 0 Å². The molecular weight excluding hydrogens is 456 g/mol. The predicted molar refractivity (Wildman–Crippen MR) is 113 cm³/mol. The summed E-state index contributed by atoms with van der Waals surface area (Å²) in [5, 5.41) is 19.0. The lowest BCUT2D eigenvalue weighted by Crippen LogP contribution is -2.57. The molecule has 3 heterocycles. The summed E-state index contributed by atoms with van der Waals surface area (Å²) in [6, 6.07) is -0.861. The topological polar surface area (TPSA) is 107 Å². The molecule has 30 heavy (non-hydrogen) atoms. The smallest absolute Gasteiger partial charge is 0.310 e. The van der Waals surface area contributed by atoms with Crippen molar-refractivity contribution in [3.05, 3.63) is 12.7 Å². The number of nitrogens with zero attached hydrogens (tertiary/aromatic N) is 2. The quantitative estimate of drug-likeness (QED) is 0.259. The molecule has 3 rings (SSSR count). The number of likely N-dealkylation sites (tertiary alicyclic amines) is 1. The molecule has 2 bridgehead atoms. The fourth-order valence-corrected chi connectivity index (χ4v) is 6.24. The van der Waals surface area contributed by atoms with Crippen LogP contribution in [0.5, 0.6) is 0 Å². The Kier molecular flexibility index (Phi) is 7.24. The predicted octanol–water partition coefficient (Wildman–Crippen LogP) is 1.41. The van der Waals surface area contributed by atoms with E-state index < -0.39 is 35.6 Å². The first-order valence-corrected chi connectivity index (χ1v) is 11.6. The van der Waals surface area contributed by atoms with Gasteiger partial charge in [0.15, 0.2) is 0 Å². The molecule has 0 saturated carbocycles. The summed E-state index contributed by atoms with van der Waals surface area (Å²) in [6.07, 6.45) is 4.22. The van der Waals surface area contributed by atoms with Crippen LogP contribution in [-0.2, 0) is 19.1 Å². The SMILES string of the molecule is C=CCN(CCCC)C(=O)C1N(CCCCO)C(=O)[C@@H]2[C@H](C(=O)O)[C@H]3OC12CC3Br. The largest absolute Gasteiger partial charge is 0.481 e. The number of aliphatic hydroxyl groups excluding tert-OH is 1. The fraction of sp³-hybridized carbons (Fsp3) is 0.762. The third-order valence-electron chi connectivity index (χ3n) is 6.56. The van der Waals surface area contributed by atoms with Gasteiger partial charge >= 0.3 is 5.97 Å². The fourth-order valence-electron chi connectivity index (χ4n) is 5.29.